The predicted molar refractivity (Wildman–Crippen MR) is 174 cm³/mol. The normalized spacial score (nSPS) is 13.6. The first-order valence-corrected chi connectivity index (χ1v) is 15.3. The molecule has 0 aromatic heterocycles. The third-order valence-electron chi connectivity index (χ3n) is 8.65. The van der Waals surface area contributed by atoms with E-state index in [0.717, 1.165) is 17.8 Å². The fourth-order valence-corrected chi connectivity index (χ4v) is 5.80. The average molecular weight is 533 g/mol. The minimum absolute atomic E-state index is 0.349. The molecule has 4 aromatic carbocycles. The van der Waals surface area contributed by atoms with Gasteiger partial charge in [0, 0.05) is 23.2 Å². The minimum Gasteiger partial charge on any atom is -0.399 e. The van der Waals surface area contributed by atoms with E-state index in [1.807, 2.05) is 24.3 Å². The largest absolute Gasteiger partial charge is 0.399 e. The van der Waals surface area contributed by atoms with Gasteiger partial charge in [-0.05, 0) is 76.4 Å². The van der Waals surface area contributed by atoms with Crippen LogP contribution in [0.3, 0.4) is 0 Å². The number of unbranched alkanes of at least 4 members (excludes halogenated alkanes) is 5. The quantitative estimate of drug-likeness (QED) is 0.125. The molecule has 0 aliphatic rings. The van der Waals surface area contributed by atoms with E-state index in [-0.39, 0.29) is 0 Å². The molecular weight excluding hydrogens is 484 g/mol. The second-order valence-electron chi connectivity index (χ2n) is 11.6. The molecule has 4 rings (SSSR count). The summed E-state index contributed by atoms with van der Waals surface area (Å²) in [4.78, 5) is 0. The van der Waals surface area contributed by atoms with E-state index in [9.17, 15) is 0 Å². The molecule has 2 heteroatoms. The Kier molecular flexibility index (Phi) is 10.9. The van der Waals surface area contributed by atoms with Crippen LogP contribution in [-0.2, 0) is 6.42 Å². The Morgan fingerprint density at radius 1 is 0.475 bits per heavy atom. The lowest BCUT2D eigenvalue weighted by molar-refractivity contribution is 0.536. The van der Waals surface area contributed by atoms with E-state index in [1.54, 1.807) is 0 Å². The highest BCUT2D eigenvalue weighted by atomic mass is 14.5. The molecule has 4 N–H and O–H groups in total. The topological polar surface area (TPSA) is 52.0 Å². The molecule has 0 aliphatic carbocycles. The first kappa shape index (κ1) is 29.5. The number of hydrogen-bond donors (Lipinski definition) is 2. The van der Waals surface area contributed by atoms with E-state index < -0.39 is 0 Å². The number of rotatable bonds is 14. The molecule has 0 fully saturated rings. The Morgan fingerprint density at radius 3 is 1.32 bits per heavy atom. The highest BCUT2D eigenvalue weighted by Crippen LogP contribution is 2.32. The van der Waals surface area contributed by atoms with E-state index in [0.29, 0.717) is 17.8 Å². The average Bonchev–Trinajstić information content (AvgIpc) is 2.99. The van der Waals surface area contributed by atoms with Crippen LogP contribution in [0.4, 0.5) is 11.4 Å². The van der Waals surface area contributed by atoms with Gasteiger partial charge in [0.25, 0.3) is 0 Å². The fourth-order valence-electron chi connectivity index (χ4n) is 5.80. The number of nitrogen functional groups attached to an aromatic ring is 2. The Balaban J connectivity index is 1.46. The molecule has 0 spiro atoms. The summed E-state index contributed by atoms with van der Waals surface area (Å²) in [6, 6.07) is 35.3. The zero-order valence-electron chi connectivity index (χ0n) is 24.8. The van der Waals surface area contributed by atoms with Crippen molar-refractivity contribution >= 4 is 11.4 Å². The molecule has 3 atom stereocenters. The summed E-state index contributed by atoms with van der Waals surface area (Å²) in [5.41, 5.74) is 21.6. The van der Waals surface area contributed by atoms with Gasteiger partial charge < -0.3 is 11.5 Å². The van der Waals surface area contributed by atoms with Crippen molar-refractivity contribution in [3.8, 4) is 0 Å². The van der Waals surface area contributed by atoms with Crippen molar-refractivity contribution in [3.05, 3.63) is 130 Å². The van der Waals surface area contributed by atoms with Crippen molar-refractivity contribution in [2.45, 2.75) is 89.9 Å². The Hall–Kier alpha value is -3.52. The molecular formula is C38H48N2. The summed E-state index contributed by atoms with van der Waals surface area (Å²) in [5, 5.41) is 0. The van der Waals surface area contributed by atoms with Crippen LogP contribution in [0.1, 0.15) is 117 Å². The number of nitrogens with two attached hydrogens (primary N) is 2. The molecule has 0 saturated heterocycles. The summed E-state index contributed by atoms with van der Waals surface area (Å²) in [6.45, 7) is 6.84. The molecule has 0 heterocycles. The van der Waals surface area contributed by atoms with Gasteiger partial charge >= 0.3 is 0 Å². The van der Waals surface area contributed by atoms with Gasteiger partial charge in [-0.15, -0.1) is 0 Å². The maximum absolute atomic E-state index is 5.91. The number of anilines is 2. The molecule has 0 amide bonds. The van der Waals surface area contributed by atoms with Gasteiger partial charge in [-0.2, -0.15) is 0 Å². The molecule has 3 unspecified atom stereocenters. The third-order valence-corrected chi connectivity index (χ3v) is 8.65. The molecule has 0 radical (unpaired) electrons. The van der Waals surface area contributed by atoms with E-state index in [2.05, 4.69) is 93.6 Å². The minimum atomic E-state index is 0.349. The lowest BCUT2D eigenvalue weighted by atomic mass is 9.85. The first-order valence-electron chi connectivity index (χ1n) is 15.3. The highest BCUT2D eigenvalue weighted by Gasteiger charge is 2.15. The maximum Gasteiger partial charge on any atom is 0.0314 e. The van der Waals surface area contributed by atoms with Crippen molar-refractivity contribution in [1.29, 1.82) is 0 Å². The van der Waals surface area contributed by atoms with Gasteiger partial charge in [-0.1, -0.05) is 132 Å². The lowest BCUT2D eigenvalue weighted by Gasteiger charge is -2.20. The van der Waals surface area contributed by atoms with Crippen LogP contribution in [0.5, 0.6) is 0 Å². The van der Waals surface area contributed by atoms with Crippen LogP contribution in [0, 0.1) is 0 Å². The zero-order chi connectivity index (χ0) is 28.3. The Labute approximate surface area is 242 Å². The molecule has 210 valence electrons. The van der Waals surface area contributed by atoms with Crippen LogP contribution in [0.25, 0.3) is 0 Å². The van der Waals surface area contributed by atoms with E-state index >= 15 is 0 Å². The Morgan fingerprint density at radius 2 is 0.850 bits per heavy atom. The van der Waals surface area contributed by atoms with Gasteiger partial charge in [0.1, 0.15) is 0 Å². The van der Waals surface area contributed by atoms with Gasteiger partial charge in [0.15, 0.2) is 0 Å². The summed E-state index contributed by atoms with van der Waals surface area (Å²) in [5.74, 6) is 1.24. The van der Waals surface area contributed by atoms with Crippen LogP contribution in [0.15, 0.2) is 97.1 Å². The number of hydrogen-bond acceptors (Lipinski definition) is 2. The third kappa shape index (κ3) is 8.24. The van der Waals surface area contributed by atoms with Crippen molar-refractivity contribution in [2.24, 2.45) is 0 Å². The van der Waals surface area contributed by atoms with Crippen molar-refractivity contribution in [2.75, 3.05) is 11.5 Å². The predicted octanol–water partition coefficient (Wildman–Crippen LogP) is 10.2. The second kappa shape index (κ2) is 14.7. The Bertz CT molecular complexity index is 1270. The molecule has 4 aromatic rings. The van der Waals surface area contributed by atoms with E-state index in [4.69, 9.17) is 11.5 Å². The smallest absolute Gasteiger partial charge is 0.0314 e. The summed E-state index contributed by atoms with van der Waals surface area (Å²) in [6.07, 6.45) is 10.3. The van der Waals surface area contributed by atoms with Crippen molar-refractivity contribution in [1.82, 2.24) is 0 Å². The summed E-state index contributed by atoms with van der Waals surface area (Å²) < 4.78 is 0. The monoisotopic (exact) mass is 532 g/mol. The maximum atomic E-state index is 5.91. The van der Waals surface area contributed by atoms with Gasteiger partial charge in [-0.25, -0.2) is 0 Å². The van der Waals surface area contributed by atoms with Gasteiger partial charge in [0.05, 0.1) is 0 Å². The summed E-state index contributed by atoms with van der Waals surface area (Å²) in [7, 11) is 0. The van der Waals surface area contributed by atoms with Crippen LogP contribution >= 0.6 is 0 Å². The first-order chi connectivity index (χ1) is 19.4. The van der Waals surface area contributed by atoms with E-state index in [1.165, 1.54) is 78.3 Å². The van der Waals surface area contributed by atoms with Crippen molar-refractivity contribution in [3.63, 3.8) is 0 Å². The molecule has 0 aliphatic heterocycles. The van der Waals surface area contributed by atoms with Crippen LogP contribution in [-0.4, -0.2) is 0 Å². The van der Waals surface area contributed by atoms with Gasteiger partial charge in [0.2, 0.25) is 0 Å². The fraction of sp³-hybridized carbons (Fsp3) is 0.368. The molecule has 0 bridgehead atoms. The molecule has 0 saturated carbocycles. The molecule has 40 heavy (non-hydrogen) atoms. The van der Waals surface area contributed by atoms with Crippen LogP contribution in [0.2, 0.25) is 0 Å². The number of benzene rings is 4. The van der Waals surface area contributed by atoms with Gasteiger partial charge in [-0.3, -0.25) is 0 Å². The standard InChI is InChI=1S/C38H48N2/c1-4-5-6-7-8-9-10-36(35-17-15-32(16-18-35)29(3)34-21-25-38(40)26-22-34)27-30-11-13-31(14-12-30)28(2)33-19-23-37(39)24-20-33/h11-26,28-29,36H,4-10,27,39-40H2,1-3H3. The summed E-state index contributed by atoms with van der Waals surface area (Å²) >= 11 is 0. The SMILES string of the molecule is CCCCCCCCC(Cc1ccc(C(C)c2ccc(N)cc2)cc1)c1ccc(C(C)c2ccc(N)cc2)cc1. The zero-order valence-corrected chi connectivity index (χ0v) is 24.8. The lowest BCUT2D eigenvalue weighted by Crippen LogP contribution is -2.05. The van der Waals surface area contributed by atoms with Crippen LogP contribution < -0.4 is 11.5 Å². The highest BCUT2D eigenvalue weighted by molar-refractivity contribution is 5.44. The van der Waals surface area contributed by atoms with Crippen molar-refractivity contribution < 1.29 is 0 Å². The second-order valence-corrected chi connectivity index (χ2v) is 11.6. The molecule has 2 nitrogen and oxygen atoms in total.